The van der Waals surface area contributed by atoms with Crippen molar-refractivity contribution in [1.82, 2.24) is 15.3 Å². The first-order chi connectivity index (χ1) is 9.09. The van der Waals surface area contributed by atoms with Gasteiger partial charge in [0, 0.05) is 0 Å². The monoisotopic (exact) mass is 259 g/mol. The lowest BCUT2D eigenvalue weighted by Gasteiger charge is -2.17. The molecule has 2 aromatic rings. The van der Waals surface area contributed by atoms with Crippen molar-refractivity contribution in [3.8, 4) is 0 Å². The van der Waals surface area contributed by atoms with Crippen molar-refractivity contribution in [3.63, 3.8) is 0 Å². The lowest BCUT2D eigenvalue weighted by Crippen LogP contribution is -2.35. The van der Waals surface area contributed by atoms with E-state index in [1.807, 2.05) is 0 Å². The van der Waals surface area contributed by atoms with Crippen molar-refractivity contribution in [1.29, 1.82) is 0 Å². The summed E-state index contributed by atoms with van der Waals surface area (Å²) < 4.78 is 12.9. The summed E-state index contributed by atoms with van der Waals surface area (Å²) in [7, 11) is 0. The van der Waals surface area contributed by atoms with E-state index in [0.717, 1.165) is 18.4 Å². The predicted molar refractivity (Wildman–Crippen MR) is 68.1 cm³/mol. The summed E-state index contributed by atoms with van der Waals surface area (Å²) in [6, 6.07) is 6.28. The van der Waals surface area contributed by atoms with E-state index < -0.39 is 0 Å². The third kappa shape index (κ3) is 2.23. The maximum atomic E-state index is 12.9. The molecule has 0 saturated heterocycles. The average molecular weight is 259 g/mol. The van der Waals surface area contributed by atoms with Crippen LogP contribution in [0.3, 0.4) is 0 Å². The molecule has 0 bridgehead atoms. The van der Waals surface area contributed by atoms with E-state index in [4.69, 9.17) is 0 Å². The molecule has 0 spiro atoms. The number of hydrogen-bond donors (Lipinski definition) is 2. The van der Waals surface area contributed by atoms with Gasteiger partial charge in [-0.15, -0.1) is 0 Å². The van der Waals surface area contributed by atoms with Crippen LogP contribution in [0.25, 0.3) is 0 Å². The number of carbonyl (C=O) groups is 1. The van der Waals surface area contributed by atoms with Gasteiger partial charge < -0.3 is 10.3 Å². The highest BCUT2D eigenvalue weighted by Crippen LogP contribution is 2.45. The molecule has 98 valence electrons. The van der Waals surface area contributed by atoms with Crippen molar-refractivity contribution in [2.24, 2.45) is 0 Å². The maximum absolute atomic E-state index is 12.9. The number of carbonyl (C=O) groups excluding carboxylic acids is 1. The van der Waals surface area contributed by atoms with Crippen LogP contribution in [0.1, 0.15) is 34.7 Å². The SMILES string of the molecule is Cc1ncc(C(=O)NC2(c3ccc(F)cc3)CC2)[nH]1. The van der Waals surface area contributed by atoms with Crippen LogP contribution in [0, 0.1) is 12.7 Å². The summed E-state index contributed by atoms with van der Waals surface area (Å²) in [4.78, 5) is 19.0. The van der Waals surface area contributed by atoms with Gasteiger partial charge in [0.2, 0.25) is 0 Å². The molecule has 4 nitrogen and oxygen atoms in total. The minimum atomic E-state index is -0.343. The fraction of sp³-hybridized carbons (Fsp3) is 0.286. The van der Waals surface area contributed by atoms with Crippen LogP contribution < -0.4 is 5.32 Å². The summed E-state index contributed by atoms with van der Waals surface area (Å²) in [5, 5.41) is 3.00. The molecule has 1 heterocycles. The largest absolute Gasteiger partial charge is 0.341 e. The minimum Gasteiger partial charge on any atom is -0.341 e. The fourth-order valence-electron chi connectivity index (χ4n) is 2.20. The predicted octanol–water partition coefficient (Wildman–Crippen LogP) is 2.28. The highest BCUT2D eigenvalue weighted by molar-refractivity contribution is 5.93. The molecule has 0 aliphatic heterocycles. The molecular formula is C14H14FN3O. The van der Waals surface area contributed by atoms with Crippen LogP contribution in [0.5, 0.6) is 0 Å². The van der Waals surface area contributed by atoms with E-state index in [2.05, 4.69) is 15.3 Å². The molecule has 1 fully saturated rings. The Balaban J connectivity index is 1.79. The standard InChI is InChI=1S/C14H14FN3O/c1-9-16-8-12(17-9)13(19)18-14(6-7-14)10-2-4-11(15)5-3-10/h2-5,8H,6-7H2,1H3,(H,16,17)(H,18,19). The summed E-state index contributed by atoms with van der Waals surface area (Å²) >= 11 is 0. The molecule has 1 aliphatic rings. The second-order valence-corrected chi connectivity index (χ2v) is 4.93. The van der Waals surface area contributed by atoms with Crippen molar-refractivity contribution in [2.45, 2.75) is 25.3 Å². The van der Waals surface area contributed by atoms with E-state index in [1.165, 1.54) is 18.3 Å². The Morgan fingerprint density at radius 1 is 1.37 bits per heavy atom. The summed E-state index contributed by atoms with van der Waals surface area (Å²) in [5.41, 5.74) is 1.05. The summed E-state index contributed by atoms with van der Waals surface area (Å²) in [6.45, 7) is 1.80. The molecule has 0 unspecified atom stereocenters. The average Bonchev–Trinajstić information content (AvgIpc) is 3.03. The zero-order chi connectivity index (χ0) is 13.5. The second-order valence-electron chi connectivity index (χ2n) is 4.93. The number of aryl methyl sites for hydroxylation is 1. The molecule has 1 aromatic carbocycles. The quantitative estimate of drug-likeness (QED) is 0.888. The molecule has 3 rings (SSSR count). The Kier molecular flexibility index (Phi) is 2.62. The first-order valence-electron chi connectivity index (χ1n) is 6.19. The molecule has 0 atom stereocenters. The van der Waals surface area contributed by atoms with E-state index in [0.29, 0.717) is 11.5 Å². The maximum Gasteiger partial charge on any atom is 0.270 e. The molecule has 1 saturated carbocycles. The second kappa shape index (κ2) is 4.19. The first-order valence-corrected chi connectivity index (χ1v) is 6.19. The molecular weight excluding hydrogens is 245 g/mol. The Morgan fingerprint density at radius 2 is 2.05 bits per heavy atom. The van der Waals surface area contributed by atoms with Crippen molar-refractivity contribution >= 4 is 5.91 Å². The summed E-state index contributed by atoms with van der Waals surface area (Å²) in [6.07, 6.45) is 3.26. The van der Waals surface area contributed by atoms with Crippen LogP contribution in [-0.2, 0) is 5.54 Å². The first kappa shape index (κ1) is 11.9. The number of hydrogen-bond acceptors (Lipinski definition) is 2. The van der Waals surface area contributed by atoms with Gasteiger partial charge in [-0.05, 0) is 37.5 Å². The number of imidazole rings is 1. The van der Waals surface area contributed by atoms with Crippen LogP contribution in [-0.4, -0.2) is 15.9 Å². The van der Waals surface area contributed by atoms with Gasteiger partial charge in [-0.3, -0.25) is 4.79 Å². The Labute approximate surface area is 110 Å². The number of aromatic amines is 1. The molecule has 5 heteroatoms. The number of amides is 1. The van der Waals surface area contributed by atoms with Gasteiger partial charge in [-0.25, -0.2) is 9.37 Å². The van der Waals surface area contributed by atoms with Crippen LogP contribution in [0.4, 0.5) is 4.39 Å². The number of benzene rings is 1. The summed E-state index contributed by atoms with van der Waals surface area (Å²) in [5.74, 6) is 0.259. The topological polar surface area (TPSA) is 57.8 Å². The number of aromatic nitrogens is 2. The minimum absolute atomic E-state index is 0.178. The number of nitrogens with one attached hydrogen (secondary N) is 2. The Morgan fingerprint density at radius 3 is 2.58 bits per heavy atom. The molecule has 0 radical (unpaired) electrons. The van der Waals surface area contributed by atoms with Crippen molar-refractivity contribution in [3.05, 3.63) is 53.4 Å². The Hall–Kier alpha value is -2.17. The van der Waals surface area contributed by atoms with Gasteiger partial charge in [0.05, 0.1) is 11.7 Å². The molecule has 19 heavy (non-hydrogen) atoms. The van der Waals surface area contributed by atoms with Crippen LogP contribution in [0.2, 0.25) is 0 Å². The number of rotatable bonds is 3. The normalized spacial score (nSPS) is 16.1. The van der Waals surface area contributed by atoms with E-state index in [1.54, 1.807) is 19.1 Å². The lowest BCUT2D eigenvalue weighted by atomic mass is 10.0. The third-order valence-corrected chi connectivity index (χ3v) is 3.45. The van der Waals surface area contributed by atoms with Gasteiger partial charge in [0.1, 0.15) is 17.3 Å². The van der Waals surface area contributed by atoms with E-state index >= 15 is 0 Å². The van der Waals surface area contributed by atoms with Gasteiger partial charge in [0.15, 0.2) is 0 Å². The third-order valence-electron chi connectivity index (χ3n) is 3.45. The van der Waals surface area contributed by atoms with Gasteiger partial charge in [-0.2, -0.15) is 0 Å². The zero-order valence-electron chi connectivity index (χ0n) is 10.5. The van der Waals surface area contributed by atoms with Crippen molar-refractivity contribution in [2.75, 3.05) is 0 Å². The smallest absolute Gasteiger partial charge is 0.270 e. The zero-order valence-corrected chi connectivity index (χ0v) is 10.5. The highest BCUT2D eigenvalue weighted by Gasteiger charge is 2.45. The van der Waals surface area contributed by atoms with Crippen molar-refractivity contribution < 1.29 is 9.18 Å². The van der Waals surface area contributed by atoms with Crippen LogP contribution in [0.15, 0.2) is 30.5 Å². The van der Waals surface area contributed by atoms with E-state index in [9.17, 15) is 9.18 Å². The van der Waals surface area contributed by atoms with Gasteiger partial charge in [-0.1, -0.05) is 12.1 Å². The molecule has 2 N–H and O–H groups in total. The molecule has 1 aliphatic carbocycles. The highest BCUT2D eigenvalue weighted by atomic mass is 19.1. The van der Waals surface area contributed by atoms with Gasteiger partial charge in [0.25, 0.3) is 5.91 Å². The molecule has 1 aromatic heterocycles. The Bertz CT molecular complexity index is 614. The van der Waals surface area contributed by atoms with E-state index in [-0.39, 0.29) is 17.3 Å². The molecule has 1 amide bonds. The number of halogens is 1. The number of nitrogens with zero attached hydrogens (tertiary/aromatic N) is 1. The lowest BCUT2D eigenvalue weighted by molar-refractivity contribution is 0.0926. The fourth-order valence-corrected chi connectivity index (χ4v) is 2.20. The number of H-pyrrole nitrogens is 1. The van der Waals surface area contributed by atoms with Gasteiger partial charge >= 0.3 is 0 Å². The van der Waals surface area contributed by atoms with Crippen LogP contribution >= 0.6 is 0 Å².